The third kappa shape index (κ3) is 6.59. The van der Waals surface area contributed by atoms with Crippen molar-refractivity contribution in [2.45, 2.75) is 44.3 Å². The highest BCUT2D eigenvalue weighted by atomic mass is 35.5. The lowest BCUT2D eigenvalue weighted by molar-refractivity contribution is -0.130. The van der Waals surface area contributed by atoms with E-state index in [2.05, 4.69) is 21.9 Å². The van der Waals surface area contributed by atoms with E-state index in [4.69, 9.17) is 11.2 Å². The Morgan fingerprint density at radius 1 is 1.05 bits per heavy atom. The molecule has 0 spiro atoms. The molecule has 1 aliphatic carbocycles. The number of ketones is 1. The Hall–Kier alpha value is -3.86. The molecule has 3 aromatic rings. The fourth-order valence-corrected chi connectivity index (χ4v) is 4.97. The van der Waals surface area contributed by atoms with Gasteiger partial charge < -0.3 is 20.7 Å². The monoisotopic (exact) mass is 547 g/mol. The van der Waals surface area contributed by atoms with Crippen molar-refractivity contribution in [1.82, 2.24) is 16.0 Å². The van der Waals surface area contributed by atoms with Gasteiger partial charge in [-0.15, -0.1) is 24.8 Å². The van der Waals surface area contributed by atoms with Crippen LogP contribution in [0.25, 0.3) is 10.8 Å². The number of hydrogen-bond acceptors (Lipinski definition) is 5. The third-order valence-electron chi connectivity index (χ3n) is 7.26. The molecular formula is C31H34ClN3O4. The van der Waals surface area contributed by atoms with Crippen LogP contribution in [-0.4, -0.2) is 43.8 Å². The highest BCUT2D eigenvalue weighted by Gasteiger charge is 2.36. The van der Waals surface area contributed by atoms with Gasteiger partial charge in [-0.1, -0.05) is 48.5 Å². The number of ether oxygens (including phenoxy) is 1. The van der Waals surface area contributed by atoms with Crippen LogP contribution in [0, 0.1) is 18.3 Å². The molecule has 1 aliphatic rings. The summed E-state index contributed by atoms with van der Waals surface area (Å²) >= 11 is 0. The predicted molar refractivity (Wildman–Crippen MR) is 155 cm³/mol. The van der Waals surface area contributed by atoms with E-state index in [1.165, 1.54) is 7.11 Å². The van der Waals surface area contributed by atoms with E-state index in [-0.39, 0.29) is 48.9 Å². The Morgan fingerprint density at radius 3 is 2.38 bits per heavy atom. The second kappa shape index (κ2) is 13.3. The van der Waals surface area contributed by atoms with Gasteiger partial charge >= 0.3 is 0 Å². The van der Waals surface area contributed by atoms with Crippen molar-refractivity contribution in [3.05, 3.63) is 77.4 Å². The number of terminal acetylenes is 1. The first-order chi connectivity index (χ1) is 18.4. The molecule has 8 heteroatoms. The normalized spacial score (nSPS) is 17.2. The van der Waals surface area contributed by atoms with E-state index in [0.717, 1.165) is 21.9 Å². The molecule has 2 amide bonds. The Balaban J connectivity index is 0.00000420. The minimum absolute atomic E-state index is 0. The summed E-state index contributed by atoms with van der Waals surface area (Å²) in [5, 5.41) is 11.0. The number of benzene rings is 3. The average molecular weight is 548 g/mol. The van der Waals surface area contributed by atoms with Gasteiger partial charge in [0.2, 0.25) is 5.91 Å². The fraction of sp³-hybridized carbons (Fsp3) is 0.323. The SMILES string of the molecule is C#CC[C@H](CC(=O)[C@H](C)NC)C(=O)N[C@H]1c2ccccc2C[C@@H]1NC(=O)c1cc2ccccc2cc1OC.Cl. The standard InChI is InChI=1S/C31H33N3O4.ClH/c1-5-10-23(17-27(35)19(2)32-3)30(36)34-29-24-14-9-8-13-22(24)16-26(29)33-31(37)25-15-20-11-6-7-12-21(20)18-28(25)38-4;/h1,6-9,11-15,18-19,23,26,29,32H,10,16-17H2,2-4H3,(H,33,37)(H,34,36);1H/t19-,23+,26-,29-;/m0./s1. The summed E-state index contributed by atoms with van der Waals surface area (Å²) in [6.45, 7) is 1.76. The summed E-state index contributed by atoms with van der Waals surface area (Å²) in [5.74, 6) is 1.67. The molecule has 3 aromatic carbocycles. The second-order valence-electron chi connectivity index (χ2n) is 9.65. The number of hydrogen-bond donors (Lipinski definition) is 3. The van der Waals surface area contributed by atoms with E-state index in [9.17, 15) is 14.4 Å². The molecule has 0 fully saturated rings. The summed E-state index contributed by atoms with van der Waals surface area (Å²) in [4.78, 5) is 39.4. The number of carbonyl (C=O) groups excluding carboxylic acids is 3. The molecular weight excluding hydrogens is 514 g/mol. The number of carbonyl (C=O) groups is 3. The lowest BCUT2D eigenvalue weighted by Crippen LogP contribution is -2.46. The lowest BCUT2D eigenvalue weighted by atomic mass is 9.94. The number of fused-ring (bicyclic) bond motifs is 2. The maximum absolute atomic E-state index is 13.5. The number of rotatable bonds is 10. The Kier molecular flexibility index (Phi) is 10.1. The first kappa shape index (κ1) is 29.7. The van der Waals surface area contributed by atoms with Gasteiger partial charge in [-0.25, -0.2) is 0 Å². The van der Waals surface area contributed by atoms with Crippen molar-refractivity contribution in [2.75, 3.05) is 14.2 Å². The molecule has 0 saturated carbocycles. The molecule has 0 heterocycles. The quantitative estimate of drug-likeness (QED) is 0.334. The van der Waals surface area contributed by atoms with Gasteiger partial charge in [0.25, 0.3) is 5.91 Å². The molecule has 0 aromatic heterocycles. The fourth-order valence-electron chi connectivity index (χ4n) is 4.97. The molecule has 204 valence electrons. The van der Waals surface area contributed by atoms with Gasteiger partial charge in [-0.05, 0) is 54.4 Å². The lowest BCUT2D eigenvalue weighted by Gasteiger charge is -2.26. The molecule has 7 nitrogen and oxygen atoms in total. The topological polar surface area (TPSA) is 96.5 Å². The van der Waals surface area contributed by atoms with Crippen LogP contribution in [0.15, 0.2) is 60.7 Å². The zero-order valence-corrected chi connectivity index (χ0v) is 23.1. The average Bonchev–Trinajstić information content (AvgIpc) is 3.27. The summed E-state index contributed by atoms with van der Waals surface area (Å²) in [7, 11) is 3.24. The summed E-state index contributed by atoms with van der Waals surface area (Å²) in [6, 6.07) is 18.0. The first-order valence-electron chi connectivity index (χ1n) is 12.8. The minimum Gasteiger partial charge on any atom is -0.496 e. The Morgan fingerprint density at radius 2 is 1.72 bits per heavy atom. The summed E-state index contributed by atoms with van der Waals surface area (Å²) in [5.41, 5.74) is 2.40. The zero-order chi connectivity index (χ0) is 27.2. The van der Waals surface area contributed by atoms with E-state index < -0.39 is 18.0 Å². The van der Waals surface area contributed by atoms with Crippen molar-refractivity contribution in [2.24, 2.45) is 5.92 Å². The van der Waals surface area contributed by atoms with E-state index >= 15 is 0 Å². The maximum atomic E-state index is 13.5. The molecule has 0 unspecified atom stereocenters. The first-order valence-corrected chi connectivity index (χ1v) is 12.8. The van der Waals surface area contributed by atoms with Gasteiger partial charge in [0.05, 0.1) is 36.7 Å². The van der Waals surface area contributed by atoms with E-state index in [0.29, 0.717) is 17.7 Å². The van der Waals surface area contributed by atoms with Gasteiger partial charge in [0.15, 0.2) is 0 Å². The van der Waals surface area contributed by atoms with Gasteiger partial charge in [-0.3, -0.25) is 14.4 Å². The molecule has 0 saturated heterocycles. The number of halogens is 1. The smallest absolute Gasteiger partial charge is 0.255 e. The van der Waals surface area contributed by atoms with Crippen LogP contribution in [0.2, 0.25) is 0 Å². The largest absolute Gasteiger partial charge is 0.496 e. The minimum atomic E-state index is -0.659. The van der Waals surface area contributed by atoms with Crippen molar-refractivity contribution >= 4 is 40.8 Å². The van der Waals surface area contributed by atoms with Crippen LogP contribution in [0.3, 0.4) is 0 Å². The summed E-state index contributed by atoms with van der Waals surface area (Å²) in [6.07, 6.45) is 6.27. The van der Waals surface area contributed by atoms with E-state index in [1.807, 2.05) is 60.7 Å². The number of nitrogens with one attached hydrogen (secondary N) is 3. The van der Waals surface area contributed by atoms with Crippen molar-refractivity contribution in [3.63, 3.8) is 0 Å². The van der Waals surface area contributed by atoms with E-state index in [1.54, 1.807) is 14.0 Å². The molecule has 0 bridgehead atoms. The highest BCUT2D eigenvalue weighted by molar-refractivity contribution is 6.02. The third-order valence-corrected chi connectivity index (χ3v) is 7.26. The number of methoxy groups -OCH3 is 1. The van der Waals surface area contributed by atoms with Crippen molar-refractivity contribution in [1.29, 1.82) is 0 Å². The number of Topliss-reactive ketones (excluding diaryl/α,β-unsaturated/α-hetero) is 1. The van der Waals surface area contributed by atoms with Crippen LogP contribution >= 0.6 is 12.4 Å². The van der Waals surface area contributed by atoms with Crippen LogP contribution in [-0.2, 0) is 16.0 Å². The zero-order valence-electron chi connectivity index (χ0n) is 22.3. The second-order valence-corrected chi connectivity index (χ2v) is 9.65. The Bertz CT molecular complexity index is 1400. The van der Waals surface area contributed by atoms with Crippen molar-refractivity contribution in [3.8, 4) is 18.1 Å². The molecule has 0 radical (unpaired) electrons. The molecule has 3 N–H and O–H groups in total. The molecule has 4 rings (SSSR count). The van der Waals surface area contributed by atoms with Gasteiger partial charge in [-0.2, -0.15) is 0 Å². The van der Waals surface area contributed by atoms with Crippen LogP contribution in [0.5, 0.6) is 5.75 Å². The molecule has 39 heavy (non-hydrogen) atoms. The van der Waals surface area contributed by atoms with Gasteiger partial charge in [0, 0.05) is 12.8 Å². The Labute approximate surface area is 235 Å². The predicted octanol–water partition coefficient (Wildman–Crippen LogP) is 3.99. The number of amides is 2. The highest BCUT2D eigenvalue weighted by Crippen LogP contribution is 2.33. The maximum Gasteiger partial charge on any atom is 0.255 e. The van der Waals surface area contributed by atoms with Crippen LogP contribution in [0.1, 0.15) is 47.3 Å². The summed E-state index contributed by atoms with van der Waals surface area (Å²) < 4.78 is 5.53. The molecule has 0 aliphatic heterocycles. The van der Waals surface area contributed by atoms with Crippen molar-refractivity contribution < 1.29 is 19.1 Å². The molecule has 4 atom stereocenters. The van der Waals surface area contributed by atoms with Crippen LogP contribution < -0.4 is 20.7 Å². The van der Waals surface area contributed by atoms with Crippen LogP contribution in [0.4, 0.5) is 0 Å². The van der Waals surface area contributed by atoms with Gasteiger partial charge in [0.1, 0.15) is 11.5 Å². The number of likely N-dealkylation sites (N-methyl/N-ethyl adjacent to an activating group) is 1.